The third-order valence-electron chi connectivity index (χ3n) is 5.77. The summed E-state index contributed by atoms with van der Waals surface area (Å²) in [5.41, 5.74) is 1.97. The van der Waals surface area contributed by atoms with Crippen molar-refractivity contribution >= 4 is 21.9 Å². The van der Waals surface area contributed by atoms with Crippen LogP contribution in [0.1, 0.15) is 5.56 Å². The summed E-state index contributed by atoms with van der Waals surface area (Å²) in [4.78, 5) is 31.7. The van der Waals surface area contributed by atoms with E-state index in [1.165, 1.54) is 16.7 Å². The molecule has 32 heavy (non-hydrogen) atoms. The Morgan fingerprint density at radius 2 is 1.56 bits per heavy atom. The lowest BCUT2D eigenvalue weighted by Crippen LogP contribution is -2.29. The Labute approximate surface area is 183 Å². The van der Waals surface area contributed by atoms with Crippen molar-refractivity contribution in [2.45, 2.75) is 13.0 Å². The fourth-order valence-corrected chi connectivity index (χ4v) is 4.10. The highest BCUT2D eigenvalue weighted by Crippen LogP contribution is 2.21. The number of pyridine rings is 1. The summed E-state index contributed by atoms with van der Waals surface area (Å²) in [5, 5.41) is 0.538. The summed E-state index contributed by atoms with van der Waals surface area (Å²) in [5.74, 6) is 0.0369. The van der Waals surface area contributed by atoms with Gasteiger partial charge in [0.05, 0.1) is 5.52 Å². The first-order chi connectivity index (χ1) is 15.5. The number of fused-ring (bicyclic) bond motifs is 2. The fourth-order valence-electron chi connectivity index (χ4n) is 4.10. The molecule has 0 atom stereocenters. The third kappa shape index (κ3) is 3.30. The van der Waals surface area contributed by atoms with Gasteiger partial charge in [-0.3, -0.25) is 14.2 Å². The van der Waals surface area contributed by atoms with Gasteiger partial charge in [-0.15, -0.1) is 0 Å². The molecule has 0 spiro atoms. The summed E-state index contributed by atoms with van der Waals surface area (Å²) in [6, 6.07) is 22.9. The zero-order valence-corrected chi connectivity index (χ0v) is 17.5. The smallest absolute Gasteiger partial charge is 0.267 e. The van der Waals surface area contributed by atoms with Gasteiger partial charge in [-0.1, -0.05) is 42.5 Å². The largest absolute Gasteiger partial charge is 0.328 e. The van der Waals surface area contributed by atoms with Crippen molar-refractivity contribution < 1.29 is 4.39 Å². The highest BCUT2D eigenvalue weighted by molar-refractivity contribution is 5.91. The molecule has 0 unspecified atom stereocenters. The van der Waals surface area contributed by atoms with Crippen molar-refractivity contribution in [1.82, 2.24) is 14.1 Å². The number of aromatic nitrogens is 3. The monoisotopic (exact) mass is 425 g/mol. The Morgan fingerprint density at radius 3 is 2.31 bits per heavy atom. The Hall–Kier alpha value is -4.06. The van der Waals surface area contributed by atoms with Crippen LogP contribution in [0.5, 0.6) is 0 Å². The molecule has 0 amide bonds. The summed E-state index contributed by atoms with van der Waals surface area (Å²) in [6.45, 7) is 0.342. The first-order valence-electron chi connectivity index (χ1n) is 10.4. The molecule has 0 N–H and O–H groups in total. The van der Waals surface area contributed by atoms with Crippen LogP contribution in [-0.2, 0) is 20.0 Å². The van der Waals surface area contributed by atoms with E-state index in [-0.39, 0.29) is 16.6 Å². The van der Waals surface area contributed by atoms with Crippen molar-refractivity contribution in [3.63, 3.8) is 0 Å². The van der Waals surface area contributed by atoms with Crippen LogP contribution in [-0.4, -0.2) is 14.1 Å². The standard InChI is InChI=1S/C26H20FN3O2/c1-29-21-10-6-5-9-20(21)23(31)22-25(29)28-24(18-11-13-19(27)14-12-18)30(26(22)32)16-15-17-7-3-2-4-8-17/h2-14H,15-16H2,1H3. The van der Waals surface area contributed by atoms with Crippen molar-refractivity contribution in [2.75, 3.05) is 0 Å². The molecule has 5 nitrogen and oxygen atoms in total. The topological polar surface area (TPSA) is 56.9 Å². The number of halogens is 1. The van der Waals surface area contributed by atoms with E-state index in [0.29, 0.717) is 40.9 Å². The highest BCUT2D eigenvalue weighted by atomic mass is 19.1. The quantitative estimate of drug-likeness (QED) is 0.404. The van der Waals surface area contributed by atoms with Crippen LogP contribution in [0.4, 0.5) is 4.39 Å². The molecular weight excluding hydrogens is 405 g/mol. The van der Waals surface area contributed by atoms with E-state index in [9.17, 15) is 14.0 Å². The second kappa shape index (κ2) is 7.89. The molecule has 0 aliphatic carbocycles. The number of rotatable bonds is 4. The lowest BCUT2D eigenvalue weighted by atomic mass is 10.1. The molecule has 0 saturated carbocycles. The second-order valence-electron chi connectivity index (χ2n) is 7.74. The zero-order chi connectivity index (χ0) is 22.2. The maximum absolute atomic E-state index is 13.7. The minimum absolute atomic E-state index is 0.0603. The number of nitrogens with zero attached hydrogens (tertiary/aromatic N) is 3. The second-order valence-corrected chi connectivity index (χ2v) is 7.74. The molecule has 158 valence electrons. The molecule has 2 heterocycles. The average Bonchev–Trinajstić information content (AvgIpc) is 2.82. The number of aryl methyl sites for hydroxylation is 2. The zero-order valence-electron chi connectivity index (χ0n) is 17.5. The summed E-state index contributed by atoms with van der Waals surface area (Å²) in [7, 11) is 1.79. The number of hydrogen-bond acceptors (Lipinski definition) is 3. The van der Waals surface area contributed by atoms with Crippen molar-refractivity contribution in [3.05, 3.63) is 111 Å². The molecule has 0 fully saturated rings. The molecule has 0 aliphatic rings. The normalized spacial score (nSPS) is 11.3. The first kappa shape index (κ1) is 19.9. The molecule has 5 aromatic rings. The number of hydrogen-bond donors (Lipinski definition) is 0. The molecule has 3 aromatic carbocycles. The molecule has 2 aromatic heterocycles. The Bertz CT molecular complexity index is 1570. The summed E-state index contributed by atoms with van der Waals surface area (Å²) >= 11 is 0. The lowest BCUT2D eigenvalue weighted by molar-refractivity contribution is 0.627. The Kier molecular flexibility index (Phi) is 4.90. The Balaban J connectivity index is 1.81. The third-order valence-corrected chi connectivity index (χ3v) is 5.77. The number of para-hydroxylation sites is 1. The van der Waals surface area contributed by atoms with Gasteiger partial charge in [0.15, 0.2) is 5.65 Å². The van der Waals surface area contributed by atoms with Crippen LogP contribution in [0, 0.1) is 5.82 Å². The predicted molar refractivity (Wildman–Crippen MR) is 124 cm³/mol. The van der Waals surface area contributed by atoms with Crippen LogP contribution in [0.15, 0.2) is 88.5 Å². The van der Waals surface area contributed by atoms with E-state index < -0.39 is 5.56 Å². The van der Waals surface area contributed by atoms with E-state index >= 15 is 0 Å². The molecular formula is C26H20FN3O2. The van der Waals surface area contributed by atoms with Crippen LogP contribution in [0.25, 0.3) is 33.3 Å². The first-order valence-corrected chi connectivity index (χ1v) is 10.4. The summed E-state index contributed by atoms with van der Waals surface area (Å²) in [6.07, 6.45) is 0.593. The van der Waals surface area contributed by atoms with Gasteiger partial charge in [0.2, 0.25) is 5.43 Å². The van der Waals surface area contributed by atoms with Gasteiger partial charge in [-0.05, 0) is 48.4 Å². The Morgan fingerprint density at radius 1 is 0.875 bits per heavy atom. The molecule has 6 heteroatoms. The highest BCUT2D eigenvalue weighted by Gasteiger charge is 2.19. The average molecular weight is 425 g/mol. The fraction of sp³-hybridized carbons (Fsp3) is 0.115. The minimum Gasteiger partial charge on any atom is -0.328 e. The maximum Gasteiger partial charge on any atom is 0.267 e. The van der Waals surface area contributed by atoms with Gasteiger partial charge >= 0.3 is 0 Å². The molecule has 0 radical (unpaired) electrons. The number of benzene rings is 3. The van der Waals surface area contributed by atoms with Gasteiger partial charge in [-0.2, -0.15) is 0 Å². The lowest BCUT2D eigenvalue weighted by Gasteiger charge is -2.16. The molecule has 0 aliphatic heterocycles. The molecule has 0 bridgehead atoms. The van der Waals surface area contributed by atoms with Gasteiger partial charge in [0, 0.05) is 24.5 Å². The van der Waals surface area contributed by atoms with Crippen LogP contribution < -0.4 is 11.0 Å². The van der Waals surface area contributed by atoms with Gasteiger partial charge in [0.25, 0.3) is 5.56 Å². The van der Waals surface area contributed by atoms with E-state index in [1.807, 2.05) is 42.5 Å². The van der Waals surface area contributed by atoms with E-state index in [2.05, 4.69) is 0 Å². The van der Waals surface area contributed by atoms with Crippen molar-refractivity contribution in [1.29, 1.82) is 0 Å². The van der Waals surface area contributed by atoms with E-state index in [1.54, 1.807) is 35.9 Å². The van der Waals surface area contributed by atoms with E-state index in [0.717, 1.165) is 5.56 Å². The van der Waals surface area contributed by atoms with Gasteiger partial charge in [-0.25, -0.2) is 9.37 Å². The van der Waals surface area contributed by atoms with Crippen LogP contribution in [0.2, 0.25) is 0 Å². The van der Waals surface area contributed by atoms with Crippen molar-refractivity contribution in [2.24, 2.45) is 7.05 Å². The van der Waals surface area contributed by atoms with Gasteiger partial charge in [0.1, 0.15) is 17.0 Å². The van der Waals surface area contributed by atoms with Crippen molar-refractivity contribution in [3.8, 4) is 11.4 Å². The van der Waals surface area contributed by atoms with Crippen LogP contribution >= 0.6 is 0 Å². The predicted octanol–water partition coefficient (Wildman–Crippen LogP) is 4.30. The molecule has 5 rings (SSSR count). The van der Waals surface area contributed by atoms with Gasteiger partial charge < -0.3 is 4.57 Å². The maximum atomic E-state index is 13.7. The molecule has 0 saturated heterocycles. The summed E-state index contributed by atoms with van der Waals surface area (Å²) < 4.78 is 16.9. The van der Waals surface area contributed by atoms with E-state index in [4.69, 9.17) is 4.98 Å². The SMILES string of the molecule is Cn1c2ccccc2c(=O)c2c(=O)n(CCc3ccccc3)c(-c3ccc(F)cc3)nc21. The van der Waals surface area contributed by atoms with Crippen LogP contribution in [0.3, 0.4) is 0 Å². The minimum atomic E-state index is -0.392.